The molecule has 4 amide bonds. The van der Waals surface area contributed by atoms with Crippen LogP contribution in [-0.4, -0.2) is 140 Å². The summed E-state index contributed by atoms with van der Waals surface area (Å²) in [5.41, 5.74) is 3.73. The number of carbonyl (C=O) groups is 10. The minimum absolute atomic E-state index is 0.0269. The Morgan fingerprint density at radius 2 is 1.07 bits per heavy atom. The van der Waals surface area contributed by atoms with Crippen LogP contribution in [0, 0.1) is 11.8 Å². The number of nitrogens with zero attached hydrogens (tertiary/aromatic N) is 1. The third-order valence-corrected chi connectivity index (χ3v) is 22.7. The largest absolute Gasteiger partial charge is 0.466 e. The van der Waals surface area contributed by atoms with Gasteiger partial charge >= 0.3 is 36.1 Å². The van der Waals surface area contributed by atoms with Crippen LogP contribution < -0.4 is 21.3 Å². The number of esters is 4. The van der Waals surface area contributed by atoms with Crippen molar-refractivity contribution in [1.29, 1.82) is 0 Å². The number of benzene rings is 2. The first-order chi connectivity index (χ1) is 50.6. The molecule has 0 saturated heterocycles. The number of amides is 4. The summed E-state index contributed by atoms with van der Waals surface area (Å²) in [4.78, 5) is 133. The molecule has 0 radical (unpaired) electrons. The van der Waals surface area contributed by atoms with E-state index in [9.17, 15) is 47.9 Å². The van der Waals surface area contributed by atoms with Gasteiger partial charge in [-0.2, -0.15) is 0 Å². The molecule has 26 heteroatoms. The zero-order valence-corrected chi connectivity index (χ0v) is 71.2. The number of aromatic nitrogens is 1. The maximum Gasteiger partial charge on any atom is 0.408 e. The molecule has 1 aliphatic rings. The Bertz CT molecular complexity index is 3330. The van der Waals surface area contributed by atoms with Crippen molar-refractivity contribution in [2.75, 3.05) is 31.3 Å². The van der Waals surface area contributed by atoms with Gasteiger partial charge in [0.05, 0.1) is 32.6 Å². The molecule has 0 unspecified atom stereocenters. The number of rotatable bonds is 47. The van der Waals surface area contributed by atoms with Gasteiger partial charge in [-0.15, -0.1) is 11.3 Å². The highest BCUT2D eigenvalue weighted by Gasteiger charge is 2.33. The minimum Gasteiger partial charge on any atom is -0.466 e. The first-order valence-electron chi connectivity index (χ1n) is 38.3. The maximum absolute atomic E-state index is 13.6. The van der Waals surface area contributed by atoms with Crippen LogP contribution in [0.3, 0.4) is 0 Å². The topological polar surface area (TPSA) is 287 Å². The average molecular weight is 1580 g/mol. The van der Waals surface area contributed by atoms with E-state index in [2.05, 4.69) is 104 Å². The monoisotopic (exact) mass is 1580 g/mol. The number of unbranched alkanes of at least 4 members (excludes halogenated alkanes) is 8. The summed E-state index contributed by atoms with van der Waals surface area (Å²) in [5.74, 6) is -2.62. The summed E-state index contributed by atoms with van der Waals surface area (Å²) in [5, 5.41) is 12.8. The van der Waals surface area contributed by atoms with Gasteiger partial charge in [-0.1, -0.05) is 222 Å². The van der Waals surface area contributed by atoms with E-state index in [-0.39, 0.29) is 78.4 Å². The van der Waals surface area contributed by atoms with E-state index in [1.165, 1.54) is 54.2 Å². The predicted molar refractivity (Wildman–Crippen MR) is 436 cm³/mol. The molecule has 4 rings (SSSR count). The number of ether oxygens (including phenoxy) is 6. The number of thioether (sulfide) groups is 2. The number of alkyl carbamates (subject to hydrolysis) is 2. The molecule has 0 bridgehead atoms. The summed E-state index contributed by atoms with van der Waals surface area (Å²) >= 11 is 3.74. The molecule has 0 spiro atoms. The van der Waals surface area contributed by atoms with Gasteiger partial charge in [-0.3, -0.25) is 28.8 Å². The number of hydrogen-bond donors (Lipinski definition) is 4. The zero-order valence-electron chi connectivity index (χ0n) is 66.7. The van der Waals surface area contributed by atoms with Crippen LogP contribution in [0.4, 0.5) is 9.59 Å². The van der Waals surface area contributed by atoms with Crippen molar-refractivity contribution < 1.29 is 76.4 Å². The Kier molecular flexibility index (Phi) is 44.7. The molecule has 0 fully saturated rings. The SMILES string of the molecule is C/C=C(\NC(=O)c1csc(CNC(=O)OC(C)(C)C)n1)C(=O)N[C@@H](CC(C)C)C(=O)O[C@H](/C=C/CCSC(=O)CCCCCCC)CC(=O)OCC[Si](C)(C)C.CCCCCCCC(=O)SCC/C=C/[C@H](CC(=O)OCC[Si](C)(C)C)OC(=O)[C@H](CC(C)C)NC(=O)OCC1c2ccccc2-c2ccccc21. The van der Waals surface area contributed by atoms with Crippen LogP contribution in [-0.2, 0) is 68.5 Å². The normalized spacial score (nSPS) is 13.5. The van der Waals surface area contributed by atoms with Gasteiger partial charge in [-0.05, 0) is 125 Å². The summed E-state index contributed by atoms with van der Waals surface area (Å²) in [6, 6.07) is 15.8. The van der Waals surface area contributed by atoms with Crippen molar-refractivity contribution in [1.82, 2.24) is 26.3 Å². The predicted octanol–water partition coefficient (Wildman–Crippen LogP) is 17.8. The van der Waals surface area contributed by atoms with Gasteiger partial charge in [0.2, 0.25) is 0 Å². The molecule has 0 saturated carbocycles. The molecular weight excluding hydrogens is 1450 g/mol. The first kappa shape index (κ1) is 94.3. The van der Waals surface area contributed by atoms with Gasteiger partial charge < -0.3 is 49.7 Å². The van der Waals surface area contributed by atoms with Crippen LogP contribution in [0.2, 0.25) is 51.4 Å². The molecule has 596 valence electrons. The van der Waals surface area contributed by atoms with Crippen molar-refractivity contribution in [3.05, 3.63) is 112 Å². The lowest BCUT2D eigenvalue weighted by atomic mass is 9.98. The number of thiazole rings is 1. The van der Waals surface area contributed by atoms with Gasteiger partial charge in [0.15, 0.2) is 10.2 Å². The smallest absolute Gasteiger partial charge is 0.408 e. The van der Waals surface area contributed by atoms with Crippen molar-refractivity contribution in [2.24, 2.45) is 11.8 Å². The molecule has 107 heavy (non-hydrogen) atoms. The van der Waals surface area contributed by atoms with E-state index < -0.39 is 93.9 Å². The van der Waals surface area contributed by atoms with E-state index in [1.54, 1.807) is 45.9 Å². The van der Waals surface area contributed by atoms with Gasteiger partial charge in [0.1, 0.15) is 52.9 Å². The van der Waals surface area contributed by atoms with E-state index in [1.807, 2.05) is 58.0 Å². The van der Waals surface area contributed by atoms with E-state index in [0.29, 0.717) is 55.2 Å². The Morgan fingerprint density at radius 1 is 0.607 bits per heavy atom. The van der Waals surface area contributed by atoms with Crippen molar-refractivity contribution in [3.63, 3.8) is 0 Å². The van der Waals surface area contributed by atoms with E-state index >= 15 is 0 Å². The van der Waals surface area contributed by atoms with E-state index in [4.69, 9.17) is 28.4 Å². The highest BCUT2D eigenvalue weighted by Crippen LogP contribution is 2.44. The van der Waals surface area contributed by atoms with Crippen molar-refractivity contribution >= 4 is 109 Å². The quantitative estimate of drug-likeness (QED) is 0.0102. The summed E-state index contributed by atoms with van der Waals surface area (Å²) < 4.78 is 33.6. The second kappa shape index (κ2) is 50.8. The van der Waals surface area contributed by atoms with Crippen LogP contribution >= 0.6 is 34.9 Å². The van der Waals surface area contributed by atoms with Crippen LogP contribution in [0.5, 0.6) is 0 Å². The summed E-state index contributed by atoms with van der Waals surface area (Å²) in [6.07, 6.45) is 18.6. The van der Waals surface area contributed by atoms with Gasteiger partial charge in [0.25, 0.3) is 11.8 Å². The number of carbonyl (C=O) groups excluding carboxylic acids is 10. The van der Waals surface area contributed by atoms with Crippen molar-refractivity contribution in [3.8, 4) is 11.1 Å². The molecule has 2 aromatic carbocycles. The molecule has 1 heterocycles. The Balaban J connectivity index is 0.000000557. The molecule has 21 nitrogen and oxygen atoms in total. The summed E-state index contributed by atoms with van der Waals surface area (Å²) in [6.45, 7) is 32.8. The molecule has 1 aliphatic carbocycles. The first-order valence-corrected chi connectivity index (χ1v) is 48.5. The van der Waals surface area contributed by atoms with Crippen LogP contribution in [0.15, 0.2) is 90.0 Å². The highest BCUT2D eigenvalue weighted by molar-refractivity contribution is 8.13. The molecule has 4 N–H and O–H groups in total. The molecule has 4 atom stereocenters. The average Bonchev–Trinajstić information content (AvgIpc) is 1.62. The van der Waals surface area contributed by atoms with Gasteiger partial charge in [-0.25, -0.2) is 24.2 Å². The van der Waals surface area contributed by atoms with Gasteiger partial charge in [0, 0.05) is 51.8 Å². The fourth-order valence-corrected chi connectivity index (χ4v) is 14.5. The highest BCUT2D eigenvalue weighted by atomic mass is 32.2. The molecular formula is C81H125N5O16S3Si2. The van der Waals surface area contributed by atoms with Crippen LogP contribution in [0.1, 0.15) is 217 Å². The third kappa shape index (κ3) is 42.0. The Hall–Kier alpha value is -6.88. The Labute approximate surface area is 652 Å². The Morgan fingerprint density at radius 3 is 1.50 bits per heavy atom. The lowest BCUT2D eigenvalue weighted by Crippen LogP contribution is -2.46. The lowest BCUT2D eigenvalue weighted by molar-refractivity contribution is -0.156. The lowest BCUT2D eigenvalue weighted by Gasteiger charge is -2.23. The zero-order chi connectivity index (χ0) is 79.5. The van der Waals surface area contributed by atoms with E-state index in [0.717, 1.165) is 90.6 Å². The standard InChI is InChI=1S/C41H59NO7SSi.C40H66N4O9S2Si/c1-7-8-9-10-11-23-39(44)50-25-17-16-18-31(28-38(43)47-24-26-51(4,5)6)49-40(45)37(27-30(2)3)42-41(46)48-29-36-34-21-14-12-19-32(34)33-20-13-15-22-35(33)36;1-11-13-14-15-16-20-35(46)54-22-18-17-19-29(25-34(45)51-21-23-56(8,9)10)52-38(49)31(24-28(3)4)44-36(47)30(12-2)43-37(48)32-27-55-33(42-32)26-41-39(50)53-40(5,6)7/h12-16,18-22,30-31,36-37H,7-11,17,23-29H2,1-6H3,(H,42,46);12,17,19,27-29,31H,11,13-16,18,20-26H2,1-10H3,(H,41,50)(H,43,48)(H,44,47)/b18-16+;19-17+,30-12-/t31-,37+;29-,31+/m11/s1. The minimum atomic E-state index is -1.44. The fourth-order valence-electron chi connectivity index (χ4n) is 10.8. The number of allylic oxidation sites excluding steroid dienone is 3. The second-order valence-electron chi connectivity index (χ2n) is 31.1. The van der Waals surface area contributed by atoms with Crippen molar-refractivity contribution in [2.45, 2.75) is 279 Å². The van der Waals surface area contributed by atoms with Crippen LogP contribution in [0.25, 0.3) is 11.1 Å². The maximum atomic E-state index is 13.6. The summed E-state index contributed by atoms with van der Waals surface area (Å²) in [7, 11) is -2.84. The number of fused-ring (bicyclic) bond motifs is 3. The molecule has 3 aromatic rings. The number of hydrogen-bond acceptors (Lipinski definition) is 20. The number of nitrogens with one attached hydrogen (secondary N) is 4. The molecule has 0 aliphatic heterocycles. The third-order valence-electron chi connectivity index (χ3n) is 16.5. The fraction of sp³-hybridized carbons (Fsp3) is 0.617. The molecule has 1 aromatic heterocycles. The second-order valence-corrected chi connectivity index (χ2v) is 45.6.